The smallest absolute Gasteiger partial charge is 0.227 e. The van der Waals surface area contributed by atoms with Crippen molar-refractivity contribution in [1.29, 1.82) is 0 Å². The zero-order valence-electron chi connectivity index (χ0n) is 10.9. The molecule has 2 aromatic carbocycles. The number of nitrogen functional groups attached to an aromatic ring is 1. The SMILES string of the molecule is CCOc1ccc(-c2nc3cc(N)ccc3o2)cc1Cl. The highest BCUT2D eigenvalue weighted by Crippen LogP contribution is 2.31. The van der Waals surface area contributed by atoms with Gasteiger partial charge in [0.25, 0.3) is 0 Å². The molecule has 0 aliphatic heterocycles. The molecule has 0 saturated heterocycles. The van der Waals surface area contributed by atoms with E-state index in [1.807, 2.05) is 19.1 Å². The molecule has 0 saturated carbocycles. The average Bonchev–Trinajstić information content (AvgIpc) is 2.84. The van der Waals surface area contributed by atoms with Crippen LogP contribution >= 0.6 is 11.6 Å². The van der Waals surface area contributed by atoms with E-state index >= 15 is 0 Å². The van der Waals surface area contributed by atoms with Crippen LogP contribution in [-0.4, -0.2) is 11.6 Å². The molecule has 0 unspecified atom stereocenters. The summed E-state index contributed by atoms with van der Waals surface area (Å²) in [6.45, 7) is 2.48. The zero-order valence-corrected chi connectivity index (χ0v) is 11.6. The van der Waals surface area contributed by atoms with Crippen LogP contribution in [0.3, 0.4) is 0 Å². The molecule has 1 heterocycles. The Bertz CT molecular complexity index is 768. The molecule has 2 N–H and O–H groups in total. The number of nitrogens with two attached hydrogens (primary N) is 1. The summed E-state index contributed by atoms with van der Waals surface area (Å²) in [6.07, 6.45) is 0. The van der Waals surface area contributed by atoms with Gasteiger partial charge in [0.2, 0.25) is 5.89 Å². The summed E-state index contributed by atoms with van der Waals surface area (Å²) < 4.78 is 11.1. The molecule has 0 atom stereocenters. The maximum atomic E-state index is 6.17. The molecule has 4 nitrogen and oxygen atoms in total. The highest BCUT2D eigenvalue weighted by atomic mass is 35.5. The monoisotopic (exact) mass is 288 g/mol. The van der Waals surface area contributed by atoms with Crippen molar-refractivity contribution in [3.63, 3.8) is 0 Å². The predicted octanol–water partition coefficient (Wildman–Crippen LogP) is 4.13. The first-order valence-electron chi connectivity index (χ1n) is 6.26. The lowest BCUT2D eigenvalue weighted by atomic mass is 10.2. The average molecular weight is 289 g/mol. The molecule has 102 valence electrons. The molecule has 0 spiro atoms. The van der Waals surface area contributed by atoms with Crippen LogP contribution in [-0.2, 0) is 0 Å². The third-order valence-electron chi connectivity index (χ3n) is 2.89. The minimum absolute atomic E-state index is 0.510. The number of benzene rings is 2. The minimum Gasteiger partial charge on any atom is -0.492 e. The van der Waals surface area contributed by atoms with Gasteiger partial charge in [0.1, 0.15) is 11.3 Å². The lowest BCUT2D eigenvalue weighted by molar-refractivity contribution is 0.340. The summed E-state index contributed by atoms with van der Waals surface area (Å²) in [4.78, 5) is 4.41. The van der Waals surface area contributed by atoms with Crippen LogP contribution in [0.25, 0.3) is 22.6 Å². The van der Waals surface area contributed by atoms with Crippen LogP contribution in [0.2, 0.25) is 5.02 Å². The summed E-state index contributed by atoms with van der Waals surface area (Å²) >= 11 is 6.17. The Hall–Kier alpha value is -2.20. The van der Waals surface area contributed by atoms with Gasteiger partial charge in [-0.25, -0.2) is 4.98 Å². The molecular formula is C15H13ClN2O2. The Labute approximate surface area is 121 Å². The van der Waals surface area contributed by atoms with Crippen molar-refractivity contribution in [2.24, 2.45) is 0 Å². The number of fused-ring (bicyclic) bond motifs is 1. The summed E-state index contributed by atoms with van der Waals surface area (Å²) in [7, 11) is 0. The Morgan fingerprint density at radius 2 is 2.10 bits per heavy atom. The van der Waals surface area contributed by atoms with Gasteiger partial charge in [0.05, 0.1) is 11.6 Å². The second kappa shape index (κ2) is 5.06. The van der Waals surface area contributed by atoms with E-state index in [-0.39, 0.29) is 0 Å². The van der Waals surface area contributed by atoms with Crippen LogP contribution in [0.1, 0.15) is 6.92 Å². The molecule has 0 fully saturated rings. The number of aromatic nitrogens is 1. The van der Waals surface area contributed by atoms with Gasteiger partial charge >= 0.3 is 0 Å². The van der Waals surface area contributed by atoms with Gasteiger partial charge in [-0.2, -0.15) is 0 Å². The number of hydrogen-bond acceptors (Lipinski definition) is 4. The molecule has 1 aromatic heterocycles. The van der Waals surface area contributed by atoms with E-state index in [1.54, 1.807) is 24.3 Å². The van der Waals surface area contributed by atoms with Gasteiger partial charge in [-0.05, 0) is 43.3 Å². The zero-order chi connectivity index (χ0) is 14.1. The Morgan fingerprint density at radius 3 is 2.85 bits per heavy atom. The first-order chi connectivity index (χ1) is 9.67. The van der Waals surface area contributed by atoms with E-state index in [0.717, 1.165) is 11.1 Å². The van der Waals surface area contributed by atoms with Crippen molar-refractivity contribution in [3.8, 4) is 17.2 Å². The van der Waals surface area contributed by atoms with Crippen LogP contribution in [0.5, 0.6) is 5.75 Å². The van der Waals surface area contributed by atoms with Gasteiger partial charge in [-0.1, -0.05) is 11.6 Å². The number of hydrogen-bond donors (Lipinski definition) is 1. The van der Waals surface area contributed by atoms with E-state index in [2.05, 4.69) is 4.98 Å². The second-order valence-corrected chi connectivity index (χ2v) is 4.73. The standard InChI is InChI=1S/C15H13ClN2O2/c1-2-19-13-5-3-9(7-11(13)16)15-18-12-8-10(17)4-6-14(12)20-15/h3-8H,2,17H2,1H3. The molecule has 0 aliphatic rings. The summed E-state index contributed by atoms with van der Waals surface area (Å²) in [5, 5.41) is 0.533. The minimum atomic E-state index is 0.510. The molecule has 3 rings (SSSR count). The summed E-state index contributed by atoms with van der Waals surface area (Å²) in [5.41, 5.74) is 8.60. The normalized spacial score (nSPS) is 10.9. The fourth-order valence-corrected chi connectivity index (χ4v) is 2.21. The Morgan fingerprint density at radius 1 is 1.25 bits per heavy atom. The quantitative estimate of drug-likeness (QED) is 0.736. The summed E-state index contributed by atoms with van der Waals surface area (Å²) in [5.74, 6) is 1.16. The highest BCUT2D eigenvalue weighted by molar-refractivity contribution is 6.32. The summed E-state index contributed by atoms with van der Waals surface area (Å²) in [6, 6.07) is 10.8. The van der Waals surface area contributed by atoms with Crippen LogP contribution in [0, 0.1) is 0 Å². The molecule has 5 heteroatoms. The molecule has 0 amide bonds. The fraction of sp³-hybridized carbons (Fsp3) is 0.133. The molecule has 0 aliphatic carbocycles. The lowest BCUT2D eigenvalue weighted by Crippen LogP contribution is -1.92. The second-order valence-electron chi connectivity index (χ2n) is 4.32. The van der Waals surface area contributed by atoms with Gasteiger partial charge in [0.15, 0.2) is 5.58 Å². The van der Waals surface area contributed by atoms with E-state index < -0.39 is 0 Å². The maximum absolute atomic E-state index is 6.17. The lowest BCUT2D eigenvalue weighted by Gasteiger charge is -2.05. The molecule has 0 bridgehead atoms. The predicted molar refractivity (Wildman–Crippen MR) is 80.0 cm³/mol. The number of oxazole rings is 1. The van der Waals surface area contributed by atoms with Crippen molar-refractivity contribution in [2.75, 3.05) is 12.3 Å². The number of ether oxygens (including phenoxy) is 1. The van der Waals surface area contributed by atoms with E-state index in [1.165, 1.54) is 0 Å². The van der Waals surface area contributed by atoms with Crippen molar-refractivity contribution in [2.45, 2.75) is 6.92 Å². The van der Waals surface area contributed by atoms with Crippen molar-refractivity contribution in [1.82, 2.24) is 4.98 Å². The first-order valence-corrected chi connectivity index (χ1v) is 6.64. The van der Waals surface area contributed by atoms with Gasteiger partial charge in [0, 0.05) is 11.3 Å². The van der Waals surface area contributed by atoms with Crippen LogP contribution in [0.15, 0.2) is 40.8 Å². The third kappa shape index (κ3) is 2.30. The fourth-order valence-electron chi connectivity index (χ4n) is 1.97. The van der Waals surface area contributed by atoms with Gasteiger partial charge in [-0.3, -0.25) is 0 Å². The molecule has 0 radical (unpaired) electrons. The largest absolute Gasteiger partial charge is 0.492 e. The molecule has 3 aromatic rings. The Balaban J connectivity index is 2.04. The number of rotatable bonds is 3. The van der Waals surface area contributed by atoms with Gasteiger partial charge < -0.3 is 14.9 Å². The van der Waals surface area contributed by atoms with Crippen molar-refractivity contribution in [3.05, 3.63) is 41.4 Å². The highest BCUT2D eigenvalue weighted by Gasteiger charge is 2.11. The molecule has 20 heavy (non-hydrogen) atoms. The Kier molecular flexibility index (Phi) is 3.24. The van der Waals surface area contributed by atoms with E-state index in [4.69, 9.17) is 26.5 Å². The topological polar surface area (TPSA) is 61.3 Å². The first kappa shape index (κ1) is 12.8. The van der Waals surface area contributed by atoms with Crippen LogP contribution < -0.4 is 10.5 Å². The number of halogens is 1. The molecular weight excluding hydrogens is 276 g/mol. The number of nitrogens with zero attached hydrogens (tertiary/aromatic N) is 1. The van der Waals surface area contributed by atoms with E-state index in [0.29, 0.717) is 34.5 Å². The van der Waals surface area contributed by atoms with Crippen LogP contribution in [0.4, 0.5) is 5.69 Å². The van der Waals surface area contributed by atoms with Gasteiger partial charge in [-0.15, -0.1) is 0 Å². The maximum Gasteiger partial charge on any atom is 0.227 e. The van der Waals surface area contributed by atoms with Crippen molar-refractivity contribution >= 4 is 28.4 Å². The number of anilines is 1. The third-order valence-corrected chi connectivity index (χ3v) is 3.19. The van der Waals surface area contributed by atoms with E-state index in [9.17, 15) is 0 Å². The van der Waals surface area contributed by atoms with Crippen molar-refractivity contribution < 1.29 is 9.15 Å².